The second-order valence-corrected chi connectivity index (χ2v) is 5.90. The number of aryl methyl sites for hydroxylation is 1. The molecule has 1 aliphatic rings. The summed E-state index contributed by atoms with van der Waals surface area (Å²) in [6, 6.07) is 1.76. The highest BCUT2D eigenvalue weighted by molar-refractivity contribution is 6.35. The minimum atomic E-state index is -0.130. The molecule has 1 amide bonds. The fraction of sp³-hybridized carbons (Fsp3) is 0.357. The van der Waals surface area contributed by atoms with E-state index in [-0.39, 0.29) is 17.1 Å². The first kappa shape index (κ1) is 14.4. The molecule has 0 spiro atoms. The van der Waals surface area contributed by atoms with E-state index in [0.717, 1.165) is 18.7 Å². The van der Waals surface area contributed by atoms with Crippen molar-refractivity contribution in [3.63, 3.8) is 0 Å². The van der Waals surface area contributed by atoms with Crippen molar-refractivity contribution < 1.29 is 4.79 Å². The van der Waals surface area contributed by atoms with Gasteiger partial charge in [-0.3, -0.25) is 4.79 Å². The Balaban J connectivity index is 1.88. The van der Waals surface area contributed by atoms with Gasteiger partial charge in [-0.15, -0.1) is 0 Å². The molecular formula is C14H14Cl2N4O. The molecule has 0 aliphatic heterocycles. The number of nitrogens with zero attached hydrogens (tertiary/aromatic N) is 4. The molecule has 1 aliphatic carbocycles. The Kier molecular flexibility index (Phi) is 3.87. The quantitative estimate of drug-likeness (QED) is 0.812. The van der Waals surface area contributed by atoms with Crippen molar-refractivity contribution >= 4 is 29.1 Å². The Morgan fingerprint density at radius 3 is 2.81 bits per heavy atom. The molecule has 21 heavy (non-hydrogen) atoms. The fourth-order valence-corrected chi connectivity index (χ4v) is 2.53. The third-order valence-corrected chi connectivity index (χ3v) is 4.04. The Hall–Kier alpha value is -1.59. The third-order valence-electron chi connectivity index (χ3n) is 3.53. The van der Waals surface area contributed by atoms with E-state index in [2.05, 4.69) is 9.97 Å². The van der Waals surface area contributed by atoms with Gasteiger partial charge in [-0.05, 0) is 18.9 Å². The summed E-state index contributed by atoms with van der Waals surface area (Å²) < 4.78 is 1.91. The Bertz CT molecular complexity index is 681. The van der Waals surface area contributed by atoms with Crippen LogP contribution in [0.15, 0.2) is 24.7 Å². The standard InChI is InChI=1S/C14H14Cl2N4O/c1-19-5-4-17-13(19)8-20(9-2-3-9)14(21)10-6-12(16)18-7-11(10)15/h4-7,9H,2-3,8H2,1H3. The highest BCUT2D eigenvalue weighted by atomic mass is 35.5. The van der Waals surface area contributed by atoms with Gasteiger partial charge in [-0.2, -0.15) is 0 Å². The van der Waals surface area contributed by atoms with Crippen LogP contribution in [0.3, 0.4) is 0 Å². The zero-order valence-electron chi connectivity index (χ0n) is 11.5. The maximum atomic E-state index is 12.8. The van der Waals surface area contributed by atoms with Crippen LogP contribution in [-0.2, 0) is 13.6 Å². The molecule has 7 heteroatoms. The Morgan fingerprint density at radius 2 is 2.19 bits per heavy atom. The van der Waals surface area contributed by atoms with Gasteiger partial charge in [-0.25, -0.2) is 9.97 Å². The van der Waals surface area contributed by atoms with Crippen LogP contribution in [0.25, 0.3) is 0 Å². The summed E-state index contributed by atoms with van der Waals surface area (Å²) in [6.45, 7) is 0.462. The van der Waals surface area contributed by atoms with E-state index in [1.165, 1.54) is 12.3 Å². The predicted molar refractivity (Wildman–Crippen MR) is 80.4 cm³/mol. The summed E-state index contributed by atoms with van der Waals surface area (Å²) in [5.41, 5.74) is 0.387. The van der Waals surface area contributed by atoms with Gasteiger partial charge in [0.1, 0.15) is 11.0 Å². The van der Waals surface area contributed by atoms with Crippen LogP contribution >= 0.6 is 23.2 Å². The lowest BCUT2D eigenvalue weighted by molar-refractivity contribution is 0.0724. The van der Waals surface area contributed by atoms with Crippen molar-refractivity contribution in [2.24, 2.45) is 7.05 Å². The van der Waals surface area contributed by atoms with Crippen molar-refractivity contribution in [2.75, 3.05) is 0 Å². The van der Waals surface area contributed by atoms with E-state index in [1.807, 2.05) is 17.8 Å². The number of rotatable bonds is 4. The zero-order chi connectivity index (χ0) is 15.0. The predicted octanol–water partition coefficient (Wildman–Crippen LogP) is 2.93. The first-order valence-electron chi connectivity index (χ1n) is 6.64. The molecule has 2 aromatic heterocycles. The molecule has 3 rings (SSSR count). The van der Waals surface area contributed by atoms with Crippen molar-refractivity contribution in [1.29, 1.82) is 0 Å². The molecule has 1 fully saturated rings. The average Bonchev–Trinajstić information content (AvgIpc) is 3.22. The van der Waals surface area contributed by atoms with Crippen LogP contribution in [0.5, 0.6) is 0 Å². The van der Waals surface area contributed by atoms with Crippen molar-refractivity contribution in [3.8, 4) is 0 Å². The normalized spacial score (nSPS) is 14.2. The molecule has 2 aromatic rings. The maximum Gasteiger partial charge on any atom is 0.256 e. The lowest BCUT2D eigenvalue weighted by Gasteiger charge is -2.22. The first-order chi connectivity index (χ1) is 10.1. The monoisotopic (exact) mass is 324 g/mol. The molecule has 0 unspecified atom stereocenters. The summed E-state index contributed by atoms with van der Waals surface area (Å²) >= 11 is 12.0. The summed E-state index contributed by atoms with van der Waals surface area (Å²) in [5.74, 6) is 0.710. The maximum absolute atomic E-state index is 12.8. The molecule has 5 nitrogen and oxygen atoms in total. The molecule has 0 aromatic carbocycles. The van der Waals surface area contributed by atoms with Crippen molar-refractivity contribution in [3.05, 3.63) is 46.2 Å². The second-order valence-electron chi connectivity index (χ2n) is 5.11. The molecule has 0 N–H and O–H groups in total. The van der Waals surface area contributed by atoms with Gasteiger partial charge in [0.15, 0.2) is 0 Å². The second kappa shape index (κ2) is 5.66. The van der Waals surface area contributed by atoms with Crippen molar-refractivity contribution in [2.45, 2.75) is 25.4 Å². The number of pyridine rings is 1. The van der Waals surface area contributed by atoms with Crippen LogP contribution < -0.4 is 0 Å². The highest BCUT2D eigenvalue weighted by Crippen LogP contribution is 2.31. The van der Waals surface area contributed by atoms with Crippen LogP contribution in [-0.4, -0.2) is 31.4 Å². The lowest BCUT2D eigenvalue weighted by Crippen LogP contribution is -2.33. The number of hydrogen-bond acceptors (Lipinski definition) is 3. The highest BCUT2D eigenvalue weighted by Gasteiger charge is 2.34. The molecule has 0 atom stereocenters. The van der Waals surface area contributed by atoms with E-state index in [1.54, 1.807) is 11.1 Å². The van der Waals surface area contributed by atoms with E-state index in [0.29, 0.717) is 17.1 Å². The summed E-state index contributed by atoms with van der Waals surface area (Å²) in [4.78, 5) is 22.7. The smallest absolute Gasteiger partial charge is 0.256 e. The van der Waals surface area contributed by atoms with Crippen molar-refractivity contribution in [1.82, 2.24) is 19.4 Å². The third kappa shape index (κ3) is 3.04. The van der Waals surface area contributed by atoms with Gasteiger partial charge < -0.3 is 9.47 Å². The molecule has 1 saturated carbocycles. The SMILES string of the molecule is Cn1ccnc1CN(C(=O)c1cc(Cl)ncc1Cl)C1CC1. The lowest BCUT2D eigenvalue weighted by atomic mass is 10.2. The van der Waals surface area contributed by atoms with Gasteiger partial charge in [0.05, 0.1) is 17.1 Å². The summed E-state index contributed by atoms with van der Waals surface area (Å²) in [6.07, 6.45) is 7.00. The van der Waals surface area contributed by atoms with E-state index in [4.69, 9.17) is 23.2 Å². The summed E-state index contributed by atoms with van der Waals surface area (Å²) in [7, 11) is 1.91. The Labute approximate surface area is 132 Å². The first-order valence-corrected chi connectivity index (χ1v) is 7.40. The largest absolute Gasteiger partial charge is 0.337 e. The van der Waals surface area contributed by atoms with Gasteiger partial charge in [0, 0.05) is 31.7 Å². The fourth-order valence-electron chi connectivity index (χ4n) is 2.19. The van der Waals surface area contributed by atoms with Gasteiger partial charge in [0.2, 0.25) is 0 Å². The number of amides is 1. The number of aromatic nitrogens is 3. The van der Waals surface area contributed by atoms with Crippen LogP contribution in [0.2, 0.25) is 10.2 Å². The number of imidazole rings is 1. The number of halogens is 2. The molecule has 0 saturated heterocycles. The van der Waals surface area contributed by atoms with E-state index in [9.17, 15) is 4.79 Å². The minimum Gasteiger partial charge on any atom is -0.337 e. The average molecular weight is 325 g/mol. The number of hydrogen-bond donors (Lipinski definition) is 0. The molecule has 0 bridgehead atoms. The molecule has 110 valence electrons. The van der Waals surface area contributed by atoms with Crippen LogP contribution in [0.4, 0.5) is 0 Å². The van der Waals surface area contributed by atoms with E-state index < -0.39 is 0 Å². The topological polar surface area (TPSA) is 51.0 Å². The minimum absolute atomic E-state index is 0.130. The molecule has 0 radical (unpaired) electrons. The molecule has 2 heterocycles. The number of carbonyl (C=O) groups is 1. The van der Waals surface area contributed by atoms with Crippen LogP contribution in [0, 0.1) is 0 Å². The number of carbonyl (C=O) groups excluding carboxylic acids is 1. The zero-order valence-corrected chi connectivity index (χ0v) is 13.0. The van der Waals surface area contributed by atoms with Gasteiger partial charge >= 0.3 is 0 Å². The Morgan fingerprint density at radius 1 is 1.43 bits per heavy atom. The summed E-state index contributed by atoms with van der Waals surface area (Å²) in [5, 5.41) is 0.574. The van der Waals surface area contributed by atoms with Gasteiger partial charge in [0.25, 0.3) is 5.91 Å². The van der Waals surface area contributed by atoms with Gasteiger partial charge in [-0.1, -0.05) is 23.2 Å². The molecular weight excluding hydrogens is 311 g/mol. The van der Waals surface area contributed by atoms with Crippen LogP contribution in [0.1, 0.15) is 29.0 Å². The van der Waals surface area contributed by atoms with E-state index >= 15 is 0 Å².